The molecule has 7 nitrogen and oxygen atoms in total. The maximum absolute atomic E-state index is 4.67. The van der Waals surface area contributed by atoms with E-state index in [9.17, 15) is 0 Å². The summed E-state index contributed by atoms with van der Waals surface area (Å²) in [5.41, 5.74) is 4.04. The van der Waals surface area contributed by atoms with Crippen molar-refractivity contribution in [3.8, 4) is 34.2 Å². The van der Waals surface area contributed by atoms with E-state index in [0.29, 0.717) is 28.8 Å². The summed E-state index contributed by atoms with van der Waals surface area (Å²) in [5.74, 6) is 1.71. The van der Waals surface area contributed by atoms with Gasteiger partial charge in [0.25, 0.3) is 5.78 Å². The quantitative estimate of drug-likeness (QED) is 0.486. The Kier molecular flexibility index (Phi) is 3.83. The molecule has 0 bridgehead atoms. The van der Waals surface area contributed by atoms with Crippen LogP contribution in [0.25, 0.3) is 39.9 Å². The first-order valence-corrected chi connectivity index (χ1v) is 8.84. The van der Waals surface area contributed by atoms with Gasteiger partial charge in [-0.1, -0.05) is 60.7 Å². The van der Waals surface area contributed by atoms with Crippen LogP contribution in [0.2, 0.25) is 0 Å². The molecule has 0 aliphatic carbocycles. The first kappa shape index (κ1) is 16.2. The molecule has 0 saturated carbocycles. The SMILES string of the molecule is Cc1c(-c2ccnc(-c3ccccc3)n2)nnc2nc(-c3ccccc3)nn12. The van der Waals surface area contributed by atoms with Crippen molar-refractivity contribution in [1.29, 1.82) is 0 Å². The van der Waals surface area contributed by atoms with E-state index in [2.05, 4.69) is 30.2 Å². The highest BCUT2D eigenvalue weighted by molar-refractivity contribution is 5.63. The lowest BCUT2D eigenvalue weighted by molar-refractivity contribution is 0.851. The molecule has 0 aliphatic heterocycles. The zero-order valence-electron chi connectivity index (χ0n) is 15.1. The fourth-order valence-corrected chi connectivity index (χ4v) is 3.02. The van der Waals surface area contributed by atoms with Gasteiger partial charge < -0.3 is 0 Å². The van der Waals surface area contributed by atoms with Gasteiger partial charge in [-0.15, -0.1) is 15.3 Å². The van der Waals surface area contributed by atoms with Crippen LogP contribution in [0.3, 0.4) is 0 Å². The topological polar surface area (TPSA) is 81.8 Å². The van der Waals surface area contributed by atoms with Gasteiger partial charge in [0.05, 0.1) is 11.4 Å². The van der Waals surface area contributed by atoms with Crippen molar-refractivity contribution in [2.75, 3.05) is 0 Å². The van der Waals surface area contributed by atoms with Gasteiger partial charge in [-0.25, -0.2) is 9.97 Å². The van der Waals surface area contributed by atoms with Gasteiger partial charge in [-0.2, -0.15) is 9.50 Å². The van der Waals surface area contributed by atoms with E-state index in [1.807, 2.05) is 73.7 Å². The van der Waals surface area contributed by atoms with Crippen molar-refractivity contribution in [3.63, 3.8) is 0 Å². The van der Waals surface area contributed by atoms with Gasteiger partial charge in [-0.3, -0.25) is 0 Å². The van der Waals surface area contributed by atoms with Crippen LogP contribution >= 0.6 is 0 Å². The smallest absolute Gasteiger partial charge is 0.237 e. The van der Waals surface area contributed by atoms with E-state index in [-0.39, 0.29) is 0 Å². The molecular formula is C21H15N7. The Labute approximate surface area is 160 Å². The van der Waals surface area contributed by atoms with Crippen molar-refractivity contribution >= 4 is 5.78 Å². The molecule has 28 heavy (non-hydrogen) atoms. The van der Waals surface area contributed by atoms with Crippen LogP contribution in [-0.2, 0) is 0 Å². The Bertz CT molecular complexity index is 1260. The Hall–Kier alpha value is -4.00. The highest BCUT2D eigenvalue weighted by atomic mass is 15.4. The largest absolute Gasteiger partial charge is 0.272 e. The number of aryl methyl sites for hydroxylation is 1. The van der Waals surface area contributed by atoms with Crippen molar-refractivity contribution in [3.05, 3.63) is 78.6 Å². The van der Waals surface area contributed by atoms with Crippen molar-refractivity contribution in [2.45, 2.75) is 6.92 Å². The first-order valence-electron chi connectivity index (χ1n) is 8.84. The summed E-state index contributed by atoms with van der Waals surface area (Å²) in [6, 6.07) is 21.5. The average Bonchev–Trinajstić information content (AvgIpc) is 3.21. The van der Waals surface area contributed by atoms with Crippen molar-refractivity contribution < 1.29 is 0 Å². The monoisotopic (exact) mass is 365 g/mol. The lowest BCUT2D eigenvalue weighted by Gasteiger charge is -2.06. The van der Waals surface area contributed by atoms with Crippen LogP contribution < -0.4 is 0 Å². The number of benzene rings is 2. The molecule has 0 saturated heterocycles. The zero-order valence-corrected chi connectivity index (χ0v) is 15.1. The lowest BCUT2D eigenvalue weighted by atomic mass is 10.2. The van der Waals surface area contributed by atoms with E-state index in [1.54, 1.807) is 10.7 Å². The van der Waals surface area contributed by atoms with Crippen molar-refractivity contribution in [2.24, 2.45) is 0 Å². The molecule has 0 fully saturated rings. The van der Waals surface area contributed by atoms with E-state index < -0.39 is 0 Å². The van der Waals surface area contributed by atoms with Crippen LogP contribution in [0.1, 0.15) is 5.69 Å². The fourth-order valence-electron chi connectivity index (χ4n) is 3.02. The fraction of sp³-hybridized carbons (Fsp3) is 0.0476. The Morgan fingerprint density at radius 1 is 0.714 bits per heavy atom. The molecule has 0 amide bonds. The summed E-state index contributed by atoms with van der Waals surface area (Å²) >= 11 is 0. The highest BCUT2D eigenvalue weighted by Crippen LogP contribution is 2.23. The van der Waals surface area contributed by atoms with E-state index >= 15 is 0 Å². The van der Waals surface area contributed by atoms with Crippen LogP contribution in [-0.4, -0.2) is 34.8 Å². The van der Waals surface area contributed by atoms with Crippen LogP contribution in [0.15, 0.2) is 72.9 Å². The third kappa shape index (κ3) is 2.79. The Morgan fingerprint density at radius 3 is 2.11 bits per heavy atom. The van der Waals surface area contributed by atoms with Crippen LogP contribution in [0, 0.1) is 6.92 Å². The molecule has 3 heterocycles. The molecule has 0 atom stereocenters. The predicted octanol–water partition coefficient (Wildman–Crippen LogP) is 3.62. The minimum Gasteiger partial charge on any atom is -0.237 e. The Balaban J connectivity index is 1.61. The van der Waals surface area contributed by atoms with E-state index in [4.69, 9.17) is 0 Å². The van der Waals surface area contributed by atoms with Gasteiger partial charge in [0.1, 0.15) is 5.69 Å². The number of hydrogen-bond acceptors (Lipinski definition) is 6. The zero-order chi connectivity index (χ0) is 18.9. The Morgan fingerprint density at radius 2 is 1.39 bits per heavy atom. The van der Waals surface area contributed by atoms with Gasteiger partial charge in [0.15, 0.2) is 11.6 Å². The molecule has 2 aromatic carbocycles. The first-order chi connectivity index (χ1) is 13.8. The number of fused-ring (bicyclic) bond motifs is 1. The average molecular weight is 365 g/mol. The molecule has 5 aromatic rings. The van der Waals surface area contributed by atoms with Gasteiger partial charge in [-0.05, 0) is 13.0 Å². The number of rotatable bonds is 3. The second-order valence-electron chi connectivity index (χ2n) is 6.28. The molecule has 0 unspecified atom stereocenters. The maximum atomic E-state index is 4.67. The van der Waals surface area contributed by atoms with Gasteiger partial charge >= 0.3 is 0 Å². The maximum Gasteiger partial charge on any atom is 0.272 e. The molecule has 0 radical (unpaired) electrons. The summed E-state index contributed by atoms with van der Waals surface area (Å²) in [4.78, 5) is 13.5. The number of nitrogens with zero attached hydrogens (tertiary/aromatic N) is 7. The van der Waals surface area contributed by atoms with E-state index in [1.165, 1.54) is 0 Å². The highest BCUT2D eigenvalue weighted by Gasteiger charge is 2.15. The summed E-state index contributed by atoms with van der Waals surface area (Å²) in [6.45, 7) is 1.94. The molecular weight excluding hydrogens is 350 g/mol. The van der Waals surface area contributed by atoms with Crippen LogP contribution in [0.5, 0.6) is 0 Å². The van der Waals surface area contributed by atoms with E-state index in [0.717, 1.165) is 16.8 Å². The molecule has 0 spiro atoms. The predicted molar refractivity (Wildman–Crippen MR) is 105 cm³/mol. The van der Waals surface area contributed by atoms with Crippen LogP contribution in [0.4, 0.5) is 0 Å². The summed E-state index contributed by atoms with van der Waals surface area (Å²) in [6.07, 6.45) is 1.73. The number of aromatic nitrogens is 7. The summed E-state index contributed by atoms with van der Waals surface area (Å²) in [5, 5.41) is 13.2. The molecule has 3 aromatic heterocycles. The summed E-state index contributed by atoms with van der Waals surface area (Å²) in [7, 11) is 0. The van der Waals surface area contributed by atoms with Gasteiger partial charge in [0, 0.05) is 17.3 Å². The molecule has 134 valence electrons. The molecule has 0 aliphatic rings. The summed E-state index contributed by atoms with van der Waals surface area (Å²) < 4.78 is 1.70. The lowest BCUT2D eigenvalue weighted by Crippen LogP contribution is -2.04. The third-order valence-electron chi connectivity index (χ3n) is 4.45. The number of hydrogen-bond donors (Lipinski definition) is 0. The molecule has 5 rings (SSSR count). The second-order valence-corrected chi connectivity index (χ2v) is 6.28. The standard InChI is InChI=1S/C21H15N7/c1-14-18(17-12-13-22-19(23-17)15-8-4-2-5-9-15)25-26-21-24-20(27-28(14)21)16-10-6-3-7-11-16/h2-13H,1H3. The molecule has 0 N–H and O–H groups in total. The molecule has 7 heteroatoms. The minimum atomic E-state index is 0.456. The van der Waals surface area contributed by atoms with Gasteiger partial charge in [0.2, 0.25) is 0 Å². The minimum absolute atomic E-state index is 0.456. The normalized spacial score (nSPS) is 11.0. The second kappa shape index (κ2) is 6.62. The third-order valence-corrected chi connectivity index (χ3v) is 4.45. The van der Waals surface area contributed by atoms with Crippen molar-refractivity contribution in [1.82, 2.24) is 34.8 Å².